The monoisotopic (exact) mass is 333 g/mol. The minimum Gasteiger partial charge on any atom is -0.480 e. The molecule has 1 aliphatic rings. The predicted molar refractivity (Wildman–Crippen MR) is 68.9 cm³/mol. The van der Waals surface area contributed by atoms with Crippen LogP contribution >= 0.6 is 15.9 Å². The lowest BCUT2D eigenvalue weighted by Crippen LogP contribution is -2.20. The first-order valence-corrected chi connectivity index (χ1v) is 7.69. The van der Waals surface area contributed by atoms with E-state index in [-0.39, 0.29) is 10.1 Å². The van der Waals surface area contributed by atoms with Gasteiger partial charge in [0, 0.05) is 4.47 Å². The van der Waals surface area contributed by atoms with Gasteiger partial charge in [-0.25, -0.2) is 8.42 Å². The molecule has 0 amide bonds. The highest BCUT2D eigenvalue weighted by Gasteiger charge is 2.38. The molecular weight excluding hydrogens is 322 g/mol. The first-order chi connectivity index (χ1) is 8.34. The van der Waals surface area contributed by atoms with E-state index in [2.05, 4.69) is 15.9 Å². The highest BCUT2D eigenvalue weighted by Crippen LogP contribution is 2.37. The summed E-state index contributed by atoms with van der Waals surface area (Å²) in [7, 11) is -3.29. The second kappa shape index (κ2) is 4.64. The zero-order chi connectivity index (χ0) is 13.5. The number of carboxylic acid groups (broad SMARTS) is 1. The van der Waals surface area contributed by atoms with Crippen molar-refractivity contribution in [2.45, 2.75) is 29.0 Å². The Bertz CT molecular complexity index is 595. The van der Waals surface area contributed by atoms with Crippen LogP contribution in [0.4, 0.5) is 0 Å². The van der Waals surface area contributed by atoms with Gasteiger partial charge in [0.15, 0.2) is 9.84 Å². The Hall–Kier alpha value is -0.920. The number of aliphatic carboxylic acids is 1. The van der Waals surface area contributed by atoms with Crippen molar-refractivity contribution in [3.63, 3.8) is 0 Å². The lowest BCUT2D eigenvalue weighted by Gasteiger charge is -2.10. The second-order valence-electron chi connectivity index (χ2n) is 4.25. The summed E-state index contributed by atoms with van der Waals surface area (Å²) in [4.78, 5) is 11.0. The van der Waals surface area contributed by atoms with Crippen molar-refractivity contribution in [3.05, 3.63) is 28.2 Å². The minimum atomic E-state index is -3.29. The number of benzene rings is 1. The topological polar surface area (TPSA) is 97.5 Å². The van der Waals surface area contributed by atoms with Crippen LogP contribution in [0, 0.1) is 0 Å². The first kappa shape index (κ1) is 13.5. The molecule has 0 bridgehead atoms. The van der Waals surface area contributed by atoms with Crippen LogP contribution in [0.2, 0.25) is 0 Å². The van der Waals surface area contributed by atoms with Gasteiger partial charge in [-0.2, -0.15) is 0 Å². The van der Waals surface area contributed by atoms with Crippen molar-refractivity contribution in [2.75, 3.05) is 0 Å². The van der Waals surface area contributed by atoms with Crippen LogP contribution in [-0.4, -0.2) is 24.7 Å². The van der Waals surface area contributed by atoms with E-state index >= 15 is 0 Å². The van der Waals surface area contributed by atoms with Crippen molar-refractivity contribution >= 4 is 31.7 Å². The Morgan fingerprint density at radius 3 is 2.50 bits per heavy atom. The second-order valence-corrected chi connectivity index (χ2v) is 7.30. The SMILES string of the molecule is NC(C(=O)O)c1ccc(S(=O)(=O)C2CC2)c(Br)c1. The molecule has 2 rings (SSSR count). The van der Waals surface area contributed by atoms with Gasteiger partial charge < -0.3 is 10.8 Å². The van der Waals surface area contributed by atoms with E-state index in [1.54, 1.807) is 0 Å². The third-order valence-electron chi connectivity index (χ3n) is 2.85. The molecule has 1 aliphatic carbocycles. The number of rotatable bonds is 4. The molecule has 0 aromatic heterocycles. The third-order valence-corrected chi connectivity index (χ3v) is 6.09. The number of carboxylic acids is 1. The summed E-state index contributed by atoms with van der Waals surface area (Å²) in [6, 6.07) is 3.15. The average molecular weight is 334 g/mol. The van der Waals surface area contributed by atoms with E-state index in [9.17, 15) is 13.2 Å². The zero-order valence-corrected chi connectivity index (χ0v) is 11.7. The summed E-state index contributed by atoms with van der Waals surface area (Å²) >= 11 is 3.17. The number of sulfone groups is 1. The lowest BCUT2D eigenvalue weighted by atomic mass is 10.1. The Balaban J connectivity index is 2.39. The maximum Gasteiger partial charge on any atom is 0.325 e. The van der Waals surface area contributed by atoms with Crippen LogP contribution < -0.4 is 5.73 Å². The molecule has 1 fully saturated rings. The smallest absolute Gasteiger partial charge is 0.325 e. The third kappa shape index (κ3) is 2.43. The van der Waals surface area contributed by atoms with Crippen LogP contribution in [0.3, 0.4) is 0 Å². The maximum absolute atomic E-state index is 12.1. The number of hydrogen-bond acceptors (Lipinski definition) is 4. The van der Waals surface area contributed by atoms with Crippen LogP contribution in [0.15, 0.2) is 27.6 Å². The Morgan fingerprint density at radius 2 is 2.06 bits per heavy atom. The van der Waals surface area contributed by atoms with Crippen LogP contribution in [0.25, 0.3) is 0 Å². The number of nitrogens with two attached hydrogens (primary N) is 1. The van der Waals surface area contributed by atoms with E-state index in [0.717, 1.165) is 0 Å². The molecule has 5 nitrogen and oxygen atoms in total. The fourth-order valence-electron chi connectivity index (χ4n) is 1.64. The average Bonchev–Trinajstić information content (AvgIpc) is 3.11. The van der Waals surface area contributed by atoms with Crippen molar-refractivity contribution in [2.24, 2.45) is 5.73 Å². The molecule has 0 aliphatic heterocycles. The molecule has 0 saturated heterocycles. The molecule has 98 valence electrons. The van der Waals surface area contributed by atoms with Gasteiger partial charge in [0.1, 0.15) is 6.04 Å². The molecule has 1 aromatic carbocycles. The van der Waals surface area contributed by atoms with Crippen LogP contribution in [0.5, 0.6) is 0 Å². The van der Waals surface area contributed by atoms with E-state index in [1.165, 1.54) is 18.2 Å². The Morgan fingerprint density at radius 1 is 1.44 bits per heavy atom. The van der Waals surface area contributed by atoms with Crippen LogP contribution in [-0.2, 0) is 14.6 Å². The molecule has 1 aromatic rings. The fraction of sp³-hybridized carbons (Fsp3) is 0.364. The number of hydrogen-bond donors (Lipinski definition) is 2. The van der Waals surface area contributed by atoms with Gasteiger partial charge >= 0.3 is 5.97 Å². The van der Waals surface area contributed by atoms with Gasteiger partial charge in [-0.05, 0) is 46.5 Å². The van der Waals surface area contributed by atoms with Gasteiger partial charge in [-0.3, -0.25) is 4.79 Å². The summed E-state index contributed by atoms with van der Waals surface area (Å²) in [5.74, 6) is -1.15. The molecule has 18 heavy (non-hydrogen) atoms. The normalized spacial score (nSPS) is 17.4. The summed E-state index contributed by atoms with van der Waals surface area (Å²) in [6.45, 7) is 0. The van der Waals surface area contributed by atoms with Gasteiger partial charge in [-0.15, -0.1) is 0 Å². The number of halogens is 1. The molecule has 7 heteroatoms. The Labute approximate surface area is 113 Å². The summed E-state index contributed by atoms with van der Waals surface area (Å²) in [5.41, 5.74) is 5.83. The first-order valence-electron chi connectivity index (χ1n) is 5.36. The molecular formula is C11H12BrNO4S. The predicted octanol–water partition coefficient (Wildman–Crippen LogP) is 1.47. The number of carbonyl (C=O) groups is 1. The van der Waals surface area contributed by atoms with Crippen molar-refractivity contribution < 1.29 is 18.3 Å². The lowest BCUT2D eigenvalue weighted by molar-refractivity contribution is -0.138. The van der Waals surface area contributed by atoms with E-state index in [4.69, 9.17) is 10.8 Å². The van der Waals surface area contributed by atoms with Gasteiger partial charge in [0.2, 0.25) is 0 Å². The molecule has 1 unspecified atom stereocenters. The van der Waals surface area contributed by atoms with Gasteiger partial charge in [0.25, 0.3) is 0 Å². The quantitative estimate of drug-likeness (QED) is 0.869. The molecule has 1 atom stereocenters. The fourth-order valence-corrected chi connectivity index (χ4v) is 4.42. The van der Waals surface area contributed by atoms with E-state index in [0.29, 0.717) is 22.9 Å². The van der Waals surface area contributed by atoms with Crippen molar-refractivity contribution in [1.29, 1.82) is 0 Å². The van der Waals surface area contributed by atoms with E-state index < -0.39 is 21.8 Å². The molecule has 0 spiro atoms. The highest BCUT2D eigenvalue weighted by molar-refractivity contribution is 9.10. The van der Waals surface area contributed by atoms with Gasteiger partial charge in [-0.1, -0.05) is 6.07 Å². The highest BCUT2D eigenvalue weighted by atomic mass is 79.9. The molecule has 0 radical (unpaired) electrons. The van der Waals surface area contributed by atoms with Crippen LogP contribution in [0.1, 0.15) is 24.4 Å². The molecule has 0 heterocycles. The van der Waals surface area contributed by atoms with E-state index in [1.807, 2.05) is 0 Å². The molecule has 3 N–H and O–H groups in total. The molecule has 1 saturated carbocycles. The summed E-state index contributed by atoms with van der Waals surface area (Å²) in [6.07, 6.45) is 1.37. The largest absolute Gasteiger partial charge is 0.480 e. The maximum atomic E-state index is 12.1. The zero-order valence-electron chi connectivity index (χ0n) is 9.34. The van der Waals surface area contributed by atoms with Crippen molar-refractivity contribution in [3.8, 4) is 0 Å². The van der Waals surface area contributed by atoms with Gasteiger partial charge in [0.05, 0.1) is 10.1 Å². The standard InChI is InChI=1S/C11H12BrNO4S/c12-8-5-6(10(13)11(14)15)1-4-9(8)18(16,17)7-2-3-7/h1,4-5,7,10H,2-3,13H2,(H,14,15). The van der Waals surface area contributed by atoms with Crippen molar-refractivity contribution in [1.82, 2.24) is 0 Å². The minimum absolute atomic E-state index is 0.200. The summed E-state index contributed by atoms with van der Waals surface area (Å²) < 4.78 is 24.5. The Kier molecular flexibility index (Phi) is 3.48. The summed E-state index contributed by atoms with van der Waals surface area (Å²) in [5, 5.41) is 8.50.